The number of ether oxygens (including phenoxy) is 1. The molecule has 1 N–H and O–H groups in total. The van der Waals surface area contributed by atoms with Gasteiger partial charge in [0.15, 0.2) is 0 Å². The molecule has 5 aliphatic rings. The van der Waals surface area contributed by atoms with Crippen molar-refractivity contribution in [2.45, 2.75) is 111 Å². The number of hydrogen-bond donors (Lipinski definition) is 1. The van der Waals surface area contributed by atoms with E-state index < -0.39 is 0 Å². The van der Waals surface area contributed by atoms with Gasteiger partial charge < -0.3 is 9.84 Å². The summed E-state index contributed by atoms with van der Waals surface area (Å²) in [6.45, 7) is 12.4. The molecule has 29 heavy (non-hydrogen) atoms. The predicted molar refractivity (Wildman–Crippen MR) is 118 cm³/mol. The molecule has 2 unspecified atom stereocenters. The summed E-state index contributed by atoms with van der Waals surface area (Å²) < 4.78 is 6.78. The molecular weight excluding hydrogens is 356 g/mol. The summed E-state index contributed by atoms with van der Waals surface area (Å²) in [7, 11) is 0. The van der Waals surface area contributed by atoms with Crippen LogP contribution in [0.15, 0.2) is 11.6 Å². The molecule has 5 rings (SSSR count). The van der Waals surface area contributed by atoms with Crippen LogP contribution in [0, 0.1) is 46.3 Å². The van der Waals surface area contributed by atoms with Gasteiger partial charge in [-0.05, 0) is 104 Å². The molecular formula is C27H44O2. The molecule has 0 aromatic carbocycles. The van der Waals surface area contributed by atoms with E-state index in [1.54, 1.807) is 5.57 Å². The highest BCUT2D eigenvalue weighted by atomic mass is 16.5. The van der Waals surface area contributed by atoms with Crippen molar-refractivity contribution in [3.63, 3.8) is 0 Å². The Morgan fingerprint density at radius 1 is 1.17 bits per heavy atom. The number of hydrogen-bond acceptors (Lipinski definition) is 2. The van der Waals surface area contributed by atoms with Gasteiger partial charge in [0.1, 0.15) is 0 Å². The molecule has 0 radical (unpaired) electrons. The van der Waals surface area contributed by atoms with Crippen molar-refractivity contribution in [3.05, 3.63) is 11.6 Å². The topological polar surface area (TPSA) is 29.5 Å². The summed E-state index contributed by atoms with van der Waals surface area (Å²) >= 11 is 0. The van der Waals surface area contributed by atoms with Crippen LogP contribution in [-0.2, 0) is 4.74 Å². The fourth-order valence-corrected chi connectivity index (χ4v) is 9.16. The molecule has 2 heteroatoms. The molecule has 4 fully saturated rings. The monoisotopic (exact) mass is 400 g/mol. The van der Waals surface area contributed by atoms with Gasteiger partial charge >= 0.3 is 0 Å². The highest BCUT2D eigenvalue weighted by Gasteiger charge is 2.64. The molecule has 1 aliphatic heterocycles. The number of fused-ring (bicyclic) bond motifs is 7. The van der Waals surface area contributed by atoms with Gasteiger partial charge in [-0.3, -0.25) is 0 Å². The maximum absolute atomic E-state index is 10.2. The maximum atomic E-state index is 10.2. The first kappa shape index (κ1) is 20.6. The van der Waals surface area contributed by atoms with Crippen LogP contribution in [0.3, 0.4) is 0 Å². The van der Waals surface area contributed by atoms with Crippen LogP contribution in [0.4, 0.5) is 0 Å². The van der Waals surface area contributed by atoms with Crippen LogP contribution < -0.4 is 0 Å². The summed E-state index contributed by atoms with van der Waals surface area (Å²) in [5, 5.41) is 10.2. The van der Waals surface area contributed by atoms with Crippen LogP contribution in [-0.4, -0.2) is 23.4 Å². The Morgan fingerprint density at radius 3 is 2.72 bits per heavy atom. The summed E-state index contributed by atoms with van der Waals surface area (Å²) in [5.74, 6) is 4.79. The van der Waals surface area contributed by atoms with E-state index in [9.17, 15) is 5.11 Å². The van der Waals surface area contributed by atoms with Crippen molar-refractivity contribution in [1.29, 1.82) is 0 Å². The zero-order valence-electron chi connectivity index (χ0n) is 19.5. The van der Waals surface area contributed by atoms with Crippen molar-refractivity contribution in [3.8, 4) is 0 Å². The lowest BCUT2D eigenvalue weighted by molar-refractivity contribution is -0.0589. The Morgan fingerprint density at radius 2 is 1.97 bits per heavy atom. The van der Waals surface area contributed by atoms with Crippen LogP contribution in [0.1, 0.15) is 92.4 Å². The number of allylic oxidation sites excluding steroid dienone is 1. The molecule has 0 bridgehead atoms. The van der Waals surface area contributed by atoms with Gasteiger partial charge in [0.2, 0.25) is 0 Å². The summed E-state index contributed by atoms with van der Waals surface area (Å²) in [5.41, 5.74) is 2.43. The highest BCUT2D eigenvalue weighted by Crippen LogP contribution is 2.69. The molecule has 10 atom stereocenters. The van der Waals surface area contributed by atoms with Gasteiger partial charge in [-0.2, -0.15) is 0 Å². The minimum atomic E-state index is -0.0948. The normalized spacial score (nSPS) is 53.8. The van der Waals surface area contributed by atoms with E-state index in [0.29, 0.717) is 23.0 Å². The SMILES string of the molecule is CC(C)CCC1O[C@H]2C[C@H]3[C@@H]4CC=C5CC(O)CC[C@]5(C)[C@H]4CC[C@]3(C)[C@H]2[C@@H]1C. The second kappa shape index (κ2) is 7.09. The summed E-state index contributed by atoms with van der Waals surface area (Å²) in [6, 6.07) is 0. The van der Waals surface area contributed by atoms with E-state index in [1.807, 2.05) is 0 Å². The van der Waals surface area contributed by atoms with E-state index in [0.717, 1.165) is 48.3 Å². The standard InChI is InChI=1S/C27H44O2/c1-16(2)6-9-23-17(3)25-24(29-23)15-22-20-8-7-18-14-19(28)10-12-26(18,4)21(20)11-13-27(22,25)5/h7,16-17,19-25,28H,6,8-15H2,1-5H3/t17-,19?,20-,21+,22+,23?,24+,25+,26+,27+/m1/s1. The lowest BCUT2D eigenvalue weighted by atomic mass is 9.47. The van der Waals surface area contributed by atoms with Crippen molar-refractivity contribution in [2.24, 2.45) is 46.3 Å². The third kappa shape index (κ3) is 3.02. The third-order valence-electron chi connectivity index (χ3n) is 10.7. The molecule has 164 valence electrons. The second-order valence-corrected chi connectivity index (χ2v) is 12.5. The Hall–Kier alpha value is -0.340. The van der Waals surface area contributed by atoms with E-state index in [-0.39, 0.29) is 6.10 Å². The highest BCUT2D eigenvalue weighted by molar-refractivity contribution is 5.26. The van der Waals surface area contributed by atoms with E-state index in [4.69, 9.17) is 4.74 Å². The molecule has 0 spiro atoms. The van der Waals surface area contributed by atoms with Crippen LogP contribution in [0.25, 0.3) is 0 Å². The summed E-state index contributed by atoms with van der Waals surface area (Å²) in [6.07, 6.45) is 14.5. The van der Waals surface area contributed by atoms with Gasteiger partial charge in [0.05, 0.1) is 18.3 Å². The molecule has 2 nitrogen and oxygen atoms in total. The second-order valence-electron chi connectivity index (χ2n) is 12.5. The lowest BCUT2D eigenvalue weighted by Crippen LogP contribution is -2.51. The number of aliphatic hydroxyl groups excluding tert-OH is 1. The Balaban J connectivity index is 1.37. The van der Waals surface area contributed by atoms with Crippen molar-refractivity contribution < 1.29 is 9.84 Å². The first-order valence-electron chi connectivity index (χ1n) is 12.8. The van der Waals surface area contributed by atoms with Gasteiger partial charge in [0.25, 0.3) is 0 Å². The lowest BCUT2D eigenvalue weighted by Gasteiger charge is -2.58. The number of rotatable bonds is 3. The Kier molecular flexibility index (Phi) is 5.03. The van der Waals surface area contributed by atoms with Gasteiger partial charge in [-0.25, -0.2) is 0 Å². The third-order valence-corrected chi connectivity index (χ3v) is 10.7. The van der Waals surface area contributed by atoms with Crippen LogP contribution in [0.2, 0.25) is 0 Å². The van der Waals surface area contributed by atoms with Gasteiger partial charge in [0, 0.05) is 0 Å². The zero-order chi connectivity index (χ0) is 20.6. The molecule has 1 saturated heterocycles. The quantitative estimate of drug-likeness (QED) is 0.557. The van der Waals surface area contributed by atoms with Crippen LogP contribution in [0.5, 0.6) is 0 Å². The number of aliphatic hydroxyl groups is 1. The van der Waals surface area contributed by atoms with E-state index in [1.165, 1.54) is 44.9 Å². The summed E-state index contributed by atoms with van der Waals surface area (Å²) in [4.78, 5) is 0. The minimum absolute atomic E-state index is 0.0948. The molecule has 4 aliphatic carbocycles. The fraction of sp³-hybridized carbons (Fsp3) is 0.926. The molecule has 0 aromatic rings. The molecule has 0 amide bonds. The Labute approximate surface area is 178 Å². The average molecular weight is 401 g/mol. The molecule has 1 heterocycles. The first-order valence-corrected chi connectivity index (χ1v) is 12.8. The van der Waals surface area contributed by atoms with E-state index in [2.05, 4.69) is 40.7 Å². The Bertz CT molecular complexity index is 667. The minimum Gasteiger partial charge on any atom is -0.393 e. The van der Waals surface area contributed by atoms with E-state index >= 15 is 0 Å². The van der Waals surface area contributed by atoms with Gasteiger partial charge in [-0.1, -0.05) is 46.3 Å². The average Bonchev–Trinajstić information content (AvgIpc) is 3.14. The molecule has 3 saturated carbocycles. The van der Waals surface area contributed by atoms with Crippen molar-refractivity contribution >= 4 is 0 Å². The maximum Gasteiger partial charge on any atom is 0.0618 e. The molecule has 0 aromatic heterocycles. The zero-order valence-corrected chi connectivity index (χ0v) is 19.5. The van der Waals surface area contributed by atoms with Crippen molar-refractivity contribution in [1.82, 2.24) is 0 Å². The van der Waals surface area contributed by atoms with Crippen molar-refractivity contribution in [2.75, 3.05) is 0 Å². The van der Waals surface area contributed by atoms with Gasteiger partial charge in [-0.15, -0.1) is 0 Å². The largest absolute Gasteiger partial charge is 0.393 e. The smallest absolute Gasteiger partial charge is 0.0618 e. The van der Waals surface area contributed by atoms with Crippen LogP contribution >= 0.6 is 0 Å². The fourth-order valence-electron chi connectivity index (χ4n) is 9.16. The first-order chi connectivity index (χ1) is 13.7. The predicted octanol–water partition coefficient (Wildman–Crippen LogP) is 6.38.